The average Bonchev–Trinajstić information content (AvgIpc) is 1.27. The molecule has 0 aliphatic heterocycles. The second-order valence-electron chi connectivity index (χ2n) is 3.22. The molecule has 2 heteroatoms. The molecule has 0 aromatic carbocycles. The van der Waals surface area contributed by atoms with Gasteiger partial charge >= 0.3 is 39.1 Å². The first-order valence-corrected chi connectivity index (χ1v) is 18.3. The van der Waals surface area contributed by atoms with Gasteiger partial charge in [-0.2, -0.15) is 5.26 Å². The molecule has 1 nitrogen and oxygen atoms in total. The summed E-state index contributed by atoms with van der Waals surface area (Å²) in [6.07, 6.45) is 0. The van der Waals surface area contributed by atoms with Crippen molar-refractivity contribution < 1.29 is 0 Å². The normalized spacial score (nSPS) is 8.50. The molecule has 0 spiro atoms. The van der Waals surface area contributed by atoms with E-state index in [1.807, 2.05) is 0 Å². The zero-order chi connectivity index (χ0) is 7.21. The molecule has 48 valence electrons. The predicted molar refractivity (Wildman–Crippen MR) is 40.5 cm³/mol. The number of rotatable bonds is 0. The van der Waals surface area contributed by atoms with Crippen LogP contribution in [0.1, 0.15) is 6.92 Å². The molecule has 0 amide bonds. The second-order valence-corrected chi connectivity index (χ2v) is 26.5. The Labute approximate surface area is 57.4 Å². The number of hydrogen-bond acceptors (Lipinski definition) is 1. The van der Waals surface area contributed by atoms with Crippen LogP contribution in [0.25, 0.3) is 0 Å². The second kappa shape index (κ2) is 5.55. The van der Waals surface area contributed by atoms with E-state index in [2.05, 4.69) is 17.9 Å². The summed E-state index contributed by atoms with van der Waals surface area (Å²) >= 11 is -1.28. The monoisotopic (exact) mass is 309 g/mol. The SMILES string of the molecule is CC#N.[CH3][Pb]([CH3])([CH3])[CH3]. The molecular weight excluding hydrogens is 293 g/mol. The van der Waals surface area contributed by atoms with Crippen molar-refractivity contribution in [2.45, 2.75) is 24.9 Å². The van der Waals surface area contributed by atoms with Crippen LogP contribution in [0.5, 0.6) is 0 Å². The Morgan fingerprint density at radius 1 is 1.12 bits per heavy atom. The van der Waals surface area contributed by atoms with E-state index in [0.29, 0.717) is 0 Å². The third-order valence-electron chi connectivity index (χ3n) is 0. The van der Waals surface area contributed by atoms with E-state index >= 15 is 0 Å². The summed E-state index contributed by atoms with van der Waals surface area (Å²) in [5.74, 6) is 0. The first kappa shape index (κ1) is 11.2. The van der Waals surface area contributed by atoms with E-state index in [0.717, 1.165) is 0 Å². The zero-order valence-corrected chi connectivity index (χ0v) is 10.3. The molecule has 0 saturated carbocycles. The van der Waals surface area contributed by atoms with E-state index in [1.165, 1.54) is 6.92 Å². The van der Waals surface area contributed by atoms with Crippen molar-refractivity contribution in [3.63, 3.8) is 0 Å². The third-order valence-corrected chi connectivity index (χ3v) is 0. The molecule has 8 heavy (non-hydrogen) atoms. The van der Waals surface area contributed by atoms with Crippen molar-refractivity contribution in [1.82, 2.24) is 0 Å². The van der Waals surface area contributed by atoms with Crippen molar-refractivity contribution in [3.05, 3.63) is 0 Å². The van der Waals surface area contributed by atoms with Gasteiger partial charge in [-0.25, -0.2) is 0 Å². The standard InChI is InChI=1S/C2H3N.4CH3.Pb/c1-2-3;;;;;/h1H3;4*1H3;. The summed E-state index contributed by atoms with van der Waals surface area (Å²) in [4.78, 5) is 0. The van der Waals surface area contributed by atoms with Gasteiger partial charge in [-0.1, -0.05) is 0 Å². The summed E-state index contributed by atoms with van der Waals surface area (Å²) in [6, 6.07) is 1.75. The summed E-state index contributed by atoms with van der Waals surface area (Å²) in [7, 11) is 0. The van der Waals surface area contributed by atoms with Crippen LogP contribution in [0.15, 0.2) is 0 Å². The molecule has 0 aromatic rings. The van der Waals surface area contributed by atoms with Crippen molar-refractivity contribution in [3.8, 4) is 6.07 Å². The fourth-order valence-electron chi connectivity index (χ4n) is 0. The molecule has 0 fully saturated rings. The van der Waals surface area contributed by atoms with Crippen LogP contribution in [-0.2, 0) is 0 Å². The number of nitrogens with zero attached hydrogens (tertiary/aromatic N) is 1. The molecule has 0 atom stereocenters. The van der Waals surface area contributed by atoms with E-state index < -0.39 is 21.2 Å². The minimum absolute atomic E-state index is 1.28. The van der Waals surface area contributed by atoms with E-state index in [-0.39, 0.29) is 0 Å². The van der Waals surface area contributed by atoms with Crippen molar-refractivity contribution in [1.29, 1.82) is 5.26 Å². The Bertz CT molecular complexity index is 69.5. The van der Waals surface area contributed by atoms with E-state index in [9.17, 15) is 0 Å². The Hall–Kier alpha value is 0.412. The average molecular weight is 308 g/mol. The third kappa shape index (κ3) is 1110. The van der Waals surface area contributed by atoms with Gasteiger partial charge < -0.3 is 0 Å². The Morgan fingerprint density at radius 2 is 1.12 bits per heavy atom. The van der Waals surface area contributed by atoms with Crippen LogP contribution in [0.4, 0.5) is 0 Å². The first-order chi connectivity index (χ1) is 3.41. The van der Waals surface area contributed by atoms with E-state index in [1.54, 1.807) is 6.07 Å². The van der Waals surface area contributed by atoms with Crippen molar-refractivity contribution >= 4 is 21.2 Å². The molecule has 0 unspecified atom stereocenters. The quantitative estimate of drug-likeness (QED) is 0.631. The predicted octanol–water partition coefficient (Wildman–Crippen LogP) is 2.48. The van der Waals surface area contributed by atoms with Crippen molar-refractivity contribution in [2.75, 3.05) is 0 Å². The molecule has 0 heterocycles. The Morgan fingerprint density at radius 3 is 1.12 bits per heavy atom. The molecule has 0 rings (SSSR count). The van der Waals surface area contributed by atoms with Gasteiger partial charge in [0.15, 0.2) is 0 Å². The summed E-state index contributed by atoms with van der Waals surface area (Å²) in [5, 5.41) is 7.32. The summed E-state index contributed by atoms with van der Waals surface area (Å²) < 4.78 is 9.64. The fraction of sp³-hybridized carbons (Fsp3) is 0.833. The molecular formula is C6H15NPb. The minimum atomic E-state index is -1.28. The summed E-state index contributed by atoms with van der Waals surface area (Å²) in [6.45, 7) is 1.43. The molecule has 0 N–H and O–H groups in total. The van der Waals surface area contributed by atoms with Crippen LogP contribution in [0.3, 0.4) is 0 Å². The van der Waals surface area contributed by atoms with Crippen LogP contribution in [-0.4, -0.2) is 21.2 Å². The molecule has 0 aliphatic rings. The van der Waals surface area contributed by atoms with E-state index in [4.69, 9.17) is 5.26 Å². The Kier molecular flexibility index (Phi) is 7.79. The van der Waals surface area contributed by atoms with Crippen LogP contribution < -0.4 is 0 Å². The Balaban J connectivity index is 0. The van der Waals surface area contributed by atoms with Gasteiger partial charge in [-0.05, 0) is 0 Å². The van der Waals surface area contributed by atoms with Gasteiger partial charge in [-0.3, -0.25) is 0 Å². The van der Waals surface area contributed by atoms with Crippen LogP contribution in [0, 0.1) is 11.3 Å². The van der Waals surface area contributed by atoms with Crippen LogP contribution in [0.2, 0.25) is 17.9 Å². The van der Waals surface area contributed by atoms with Gasteiger partial charge in [0.05, 0.1) is 6.07 Å². The van der Waals surface area contributed by atoms with Gasteiger partial charge in [0, 0.05) is 6.92 Å². The maximum atomic E-state index is 7.32. The summed E-state index contributed by atoms with van der Waals surface area (Å²) in [5.41, 5.74) is 0. The zero-order valence-electron chi connectivity index (χ0n) is 6.45. The first-order valence-electron chi connectivity index (χ1n) is 2.72. The van der Waals surface area contributed by atoms with Crippen LogP contribution >= 0.6 is 0 Å². The molecule has 0 aliphatic carbocycles. The van der Waals surface area contributed by atoms with Gasteiger partial charge in [0.1, 0.15) is 0 Å². The number of nitriles is 1. The maximum absolute atomic E-state index is 7.32. The molecule has 0 saturated heterocycles. The molecule has 0 radical (unpaired) electrons. The van der Waals surface area contributed by atoms with Gasteiger partial charge in [0.2, 0.25) is 0 Å². The molecule has 0 bridgehead atoms. The number of hydrogen-bond donors (Lipinski definition) is 0. The van der Waals surface area contributed by atoms with Gasteiger partial charge in [0.25, 0.3) is 0 Å². The molecule has 0 aromatic heterocycles. The fourth-order valence-corrected chi connectivity index (χ4v) is 0. The van der Waals surface area contributed by atoms with Crippen molar-refractivity contribution in [2.24, 2.45) is 0 Å². The topological polar surface area (TPSA) is 23.8 Å². The van der Waals surface area contributed by atoms with Gasteiger partial charge in [-0.15, -0.1) is 0 Å².